The molecule has 19 heavy (non-hydrogen) atoms. The molecular formula is C12H17N3O4. The minimum Gasteiger partial charge on any atom is -0.481 e. The van der Waals surface area contributed by atoms with Gasteiger partial charge in [-0.15, -0.1) is 0 Å². The minimum atomic E-state index is -1.10. The highest BCUT2D eigenvalue weighted by atomic mass is 16.5. The number of ether oxygens (including phenoxy) is 1. The van der Waals surface area contributed by atoms with E-state index in [0.717, 1.165) is 0 Å². The van der Waals surface area contributed by atoms with Crippen molar-refractivity contribution in [2.24, 2.45) is 7.05 Å². The number of methoxy groups -OCH3 is 1. The van der Waals surface area contributed by atoms with Gasteiger partial charge >= 0.3 is 5.97 Å². The third-order valence-electron chi connectivity index (χ3n) is 2.75. The summed E-state index contributed by atoms with van der Waals surface area (Å²) in [5.74, 6) is -0.949. The Hall–Kier alpha value is -2.31. The lowest BCUT2D eigenvalue weighted by Crippen LogP contribution is -2.25. The van der Waals surface area contributed by atoms with Crippen molar-refractivity contribution >= 4 is 11.9 Å². The summed E-state index contributed by atoms with van der Waals surface area (Å²) in [5, 5.41) is 15.5. The zero-order valence-electron chi connectivity index (χ0n) is 11.4. The van der Waals surface area contributed by atoms with Crippen LogP contribution in [-0.2, 0) is 23.2 Å². The summed E-state index contributed by atoms with van der Waals surface area (Å²) in [4.78, 5) is 22.5. The number of carboxylic acids is 1. The smallest absolute Gasteiger partial charge is 0.331 e. The third kappa shape index (κ3) is 3.57. The average molecular weight is 267 g/mol. The first kappa shape index (κ1) is 14.7. The molecule has 1 amide bonds. The van der Waals surface area contributed by atoms with E-state index in [9.17, 15) is 9.59 Å². The summed E-state index contributed by atoms with van der Waals surface area (Å²) in [6, 6.07) is 1.70. The molecule has 0 radical (unpaired) electrons. The summed E-state index contributed by atoms with van der Waals surface area (Å²) in [6.07, 6.45) is 0. The molecule has 0 spiro atoms. The topological polar surface area (TPSA) is 93.4 Å². The number of aliphatic carboxylic acids is 1. The molecule has 7 nitrogen and oxygen atoms in total. The molecule has 1 aromatic rings. The summed E-state index contributed by atoms with van der Waals surface area (Å²) in [7, 11) is 3.26. The van der Waals surface area contributed by atoms with Crippen molar-refractivity contribution < 1.29 is 19.4 Å². The van der Waals surface area contributed by atoms with E-state index in [1.807, 2.05) is 0 Å². The zero-order chi connectivity index (χ0) is 14.6. The second-order valence-electron chi connectivity index (χ2n) is 4.04. The van der Waals surface area contributed by atoms with Gasteiger partial charge in [-0.25, -0.2) is 9.48 Å². The van der Waals surface area contributed by atoms with Crippen LogP contribution >= 0.6 is 0 Å². The highest BCUT2D eigenvalue weighted by molar-refractivity contribution is 6.01. The summed E-state index contributed by atoms with van der Waals surface area (Å²) < 4.78 is 6.60. The van der Waals surface area contributed by atoms with E-state index in [-0.39, 0.29) is 17.7 Å². The van der Waals surface area contributed by atoms with Gasteiger partial charge in [-0.05, 0) is 13.8 Å². The Kier molecular flexibility index (Phi) is 4.68. The van der Waals surface area contributed by atoms with E-state index < -0.39 is 11.9 Å². The van der Waals surface area contributed by atoms with Gasteiger partial charge < -0.3 is 15.2 Å². The van der Waals surface area contributed by atoms with Crippen LogP contribution in [0.1, 0.15) is 19.5 Å². The molecule has 1 aromatic heterocycles. The maximum atomic E-state index is 11.7. The number of carboxylic acid groups (broad SMARTS) is 1. The molecule has 0 fully saturated rings. The fourth-order valence-electron chi connectivity index (χ4n) is 1.42. The van der Waals surface area contributed by atoms with Crippen LogP contribution in [0.5, 0.6) is 5.88 Å². The monoisotopic (exact) mass is 267 g/mol. The van der Waals surface area contributed by atoms with Gasteiger partial charge in [0.05, 0.1) is 19.3 Å². The molecule has 0 atom stereocenters. The van der Waals surface area contributed by atoms with Gasteiger partial charge in [-0.1, -0.05) is 0 Å². The van der Waals surface area contributed by atoms with E-state index in [4.69, 9.17) is 9.84 Å². The summed E-state index contributed by atoms with van der Waals surface area (Å²) in [6.45, 7) is 3.07. The zero-order valence-corrected chi connectivity index (χ0v) is 11.4. The van der Waals surface area contributed by atoms with Crippen LogP contribution in [0.15, 0.2) is 17.2 Å². The maximum absolute atomic E-state index is 11.7. The minimum absolute atomic E-state index is 0.0242. The van der Waals surface area contributed by atoms with Crippen LogP contribution < -0.4 is 10.1 Å². The molecule has 2 N–H and O–H groups in total. The molecule has 0 saturated heterocycles. The fraction of sp³-hybridized carbons (Fsp3) is 0.417. The Morgan fingerprint density at radius 2 is 2.05 bits per heavy atom. The van der Waals surface area contributed by atoms with Gasteiger partial charge in [0.25, 0.3) is 0 Å². The number of rotatable bonds is 5. The number of carbonyl (C=O) groups is 2. The fourth-order valence-corrected chi connectivity index (χ4v) is 1.42. The number of amides is 1. The first-order valence-electron chi connectivity index (χ1n) is 5.62. The Morgan fingerprint density at radius 3 is 2.53 bits per heavy atom. The Bertz CT molecular complexity index is 531. The number of hydrogen-bond acceptors (Lipinski definition) is 4. The van der Waals surface area contributed by atoms with E-state index in [2.05, 4.69) is 10.4 Å². The Balaban J connectivity index is 2.69. The van der Waals surface area contributed by atoms with Crippen LogP contribution in [-0.4, -0.2) is 33.9 Å². The Morgan fingerprint density at radius 1 is 1.42 bits per heavy atom. The third-order valence-corrected chi connectivity index (χ3v) is 2.75. The first-order valence-corrected chi connectivity index (χ1v) is 5.62. The highest BCUT2D eigenvalue weighted by Gasteiger charge is 2.13. The predicted octanol–water partition coefficient (Wildman–Crippen LogP) is 0.466. The van der Waals surface area contributed by atoms with E-state index in [0.29, 0.717) is 11.6 Å². The van der Waals surface area contributed by atoms with Gasteiger partial charge in [0, 0.05) is 24.3 Å². The van der Waals surface area contributed by atoms with Gasteiger partial charge in [0.15, 0.2) is 0 Å². The van der Waals surface area contributed by atoms with Crippen molar-refractivity contribution in [2.75, 3.05) is 7.11 Å². The molecule has 0 aliphatic carbocycles. The second-order valence-corrected chi connectivity index (χ2v) is 4.04. The predicted molar refractivity (Wildman–Crippen MR) is 67.6 cm³/mol. The van der Waals surface area contributed by atoms with Crippen LogP contribution in [0.25, 0.3) is 0 Å². The van der Waals surface area contributed by atoms with Crippen LogP contribution in [0.2, 0.25) is 0 Å². The standard InChI is InChI=1S/C12H17N3O4/c1-7(8(2)12(17)18)11(16)13-6-9-5-10(19-4)15(3)14-9/h5H,6H2,1-4H3,(H,13,16)(H,17,18). The average Bonchev–Trinajstić information content (AvgIpc) is 2.74. The number of aromatic nitrogens is 2. The van der Waals surface area contributed by atoms with Gasteiger partial charge in [0.2, 0.25) is 11.8 Å². The molecule has 0 aromatic carbocycles. The van der Waals surface area contributed by atoms with Crippen molar-refractivity contribution in [3.8, 4) is 5.88 Å². The van der Waals surface area contributed by atoms with E-state index in [1.54, 1.807) is 17.8 Å². The van der Waals surface area contributed by atoms with Crippen molar-refractivity contribution in [3.05, 3.63) is 22.9 Å². The van der Waals surface area contributed by atoms with Gasteiger partial charge in [-0.2, -0.15) is 5.10 Å². The number of hydrogen-bond donors (Lipinski definition) is 2. The lowest BCUT2D eigenvalue weighted by Gasteiger charge is -2.05. The van der Waals surface area contributed by atoms with Gasteiger partial charge in [-0.3, -0.25) is 4.79 Å². The van der Waals surface area contributed by atoms with Crippen LogP contribution in [0.3, 0.4) is 0 Å². The van der Waals surface area contributed by atoms with Crippen molar-refractivity contribution in [2.45, 2.75) is 20.4 Å². The lowest BCUT2D eigenvalue weighted by molar-refractivity contribution is -0.133. The number of nitrogens with one attached hydrogen (secondary N) is 1. The number of aryl methyl sites for hydroxylation is 1. The molecule has 104 valence electrons. The van der Waals surface area contributed by atoms with Crippen molar-refractivity contribution in [1.29, 1.82) is 0 Å². The SMILES string of the molecule is COc1cc(CNC(=O)C(C)=C(C)C(=O)O)nn1C. The largest absolute Gasteiger partial charge is 0.481 e. The van der Waals surface area contributed by atoms with Gasteiger partial charge in [0.1, 0.15) is 0 Å². The second kappa shape index (κ2) is 6.03. The maximum Gasteiger partial charge on any atom is 0.331 e. The molecule has 7 heteroatoms. The molecule has 0 saturated carbocycles. The molecule has 1 rings (SSSR count). The quantitative estimate of drug-likeness (QED) is 0.756. The van der Waals surface area contributed by atoms with E-state index >= 15 is 0 Å². The van der Waals surface area contributed by atoms with Crippen molar-refractivity contribution in [3.63, 3.8) is 0 Å². The molecule has 0 aliphatic heterocycles. The number of carbonyl (C=O) groups excluding carboxylic acids is 1. The normalized spacial score (nSPS) is 11.8. The molecular weight excluding hydrogens is 250 g/mol. The molecule has 0 unspecified atom stereocenters. The van der Waals surface area contributed by atoms with Crippen LogP contribution in [0, 0.1) is 0 Å². The van der Waals surface area contributed by atoms with Crippen LogP contribution in [0.4, 0.5) is 0 Å². The summed E-state index contributed by atoms with van der Waals surface area (Å²) >= 11 is 0. The van der Waals surface area contributed by atoms with Crippen molar-refractivity contribution in [1.82, 2.24) is 15.1 Å². The molecule has 0 aliphatic rings. The first-order chi connectivity index (χ1) is 8.86. The molecule has 1 heterocycles. The molecule has 0 bridgehead atoms. The lowest BCUT2D eigenvalue weighted by atomic mass is 10.1. The Labute approximate surface area is 110 Å². The number of nitrogens with zero attached hydrogens (tertiary/aromatic N) is 2. The highest BCUT2D eigenvalue weighted by Crippen LogP contribution is 2.11. The summed E-state index contributed by atoms with van der Waals surface area (Å²) in [5.41, 5.74) is 0.833. The van der Waals surface area contributed by atoms with E-state index in [1.165, 1.54) is 21.0 Å².